The molecule has 0 saturated heterocycles. The first-order chi connectivity index (χ1) is 5.75. The molecule has 1 aromatic carbocycles. The minimum absolute atomic E-state index is 0.0324. The predicted molar refractivity (Wildman–Crippen MR) is 39.4 cm³/mol. The van der Waals surface area contributed by atoms with Gasteiger partial charge in [-0.25, -0.2) is 0 Å². The van der Waals surface area contributed by atoms with E-state index in [-0.39, 0.29) is 11.4 Å². The summed E-state index contributed by atoms with van der Waals surface area (Å²) in [5.41, 5.74) is -0.152. The highest BCUT2D eigenvalue weighted by Crippen LogP contribution is 2.25. The molecule has 1 aromatic rings. The molecule has 0 radical (unpaired) electrons. The van der Waals surface area contributed by atoms with E-state index in [9.17, 15) is 10.1 Å². The molecule has 0 atom stereocenters. The van der Waals surface area contributed by atoms with Gasteiger partial charge in [-0.05, 0) is 6.07 Å². The summed E-state index contributed by atoms with van der Waals surface area (Å²) in [6, 6.07) is 5.74. The highest BCUT2D eigenvalue weighted by atomic mass is 16.6. The molecule has 0 unspecified atom stereocenters. The maximum absolute atomic E-state index is 10.3. The van der Waals surface area contributed by atoms with Gasteiger partial charge in [0.05, 0.1) is 4.92 Å². The Bertz CT molecular complexity index is 324. The van der Waals surface area contributed by atoms with Crippen molar-refractivity contribution in [2.45, 2.75) is 0 Å². The Morgan fingerprint density at radius 3 is 2.67 bits per heavy atom. The van der Waals surface area contributed by atoms with Crippen molar-refractivity contribution in [1.82, 2.24) is 0 Å². The SMILES string of the molecule is O=[N+]([O-])c1ccccc1/N=N/O. The highest BCUT2D eigenvalue weighted by molar-refractivity contribution is 5.55. The van der Waals surface area contributed by atoms with Crippen molar-refractivity contribution < 1.29 is 10.1 Å². The fourth-order valence-electron chi connectivity index (χ4n) is 0.751. The number of rotatable bonds is 2. The van der Waals surface area contributed by atoms with Gasteiger partial charge in [-0.1, -0.05) is 12.1 Å². The molecule has 0 spiro atoms. The van der Waals surface area contributed by atoms with E-state index in [1.54, 1.807) is 6.07 Å². The van der Waals surface area contributed by atoms with Crippen LogP contribution in [0.5, 0.6) is 0 Å². The first kappa shape index (κ1) is 8.12. The molecule has 0 bridgehead atoms. The average molecular weight is 167 g/mol. The lowest BCUT2D eigenvalue weighted by Crippen LogP contribution is -1.86. The second-order valence-corrected chi connectivity index (χ2v) is 1.94. The van der Waals surface area contributed by atoms with Crippen LogP contribution in [0.3, 0.4) is 0 Å². The van der Waals surface area contributed by atoms with E-state index in [1.807, 2.05) is 0 Å². The van der Waals surface area contributed by atoms with Crippen molar-refractivity contribution in [3.63, 3.8) is 0 Å². The van der Waals surface area contributed by atoms with E-state index in [0.717, 1.165) is 0 Å². The molecule has 62 valence electrons. The molecule has 6 nitrogen and oxygen atoms in total. The molecule has 0 aliphatic rings. The smallest absolute Gasteiger partial charge is 0.296 e. The minimum Gasteiger partial charge on any atom is -0.394 e. The maximum Gasteiger partial charge on any atom is 0.296 e. The number of para-hydroxylation sites is 1. The van der Waals surface area contributed by atoms with Crippen molar-refractivity contribution in [3.8, 4) is 0 Å². The number of nitrogens with zero attached hydrogens (tertiary/aromatic N) is 3. The van der Waals surface area contributed by atoms with Crippen molar-refractivity contribution >= 4 is 11.4 Å². The molecule has 6 heteroatoms. The van der Waals surface area contributed by atoms with Crippen LogP contribution in [0.1, 0.15) is 0 Å². The van der Waals surface area contributed by atoms with Crippen LogP contribution in [0.25, 0.3) is 0 Å². The van der Waals surface area contributed by atoms with Crippen LogP contribution in [0.15, 0.2) is 34.7 Å². The van der Waals surface area contributed by atoms with Crippen molar-refractivity contribution in [2.75, 3.05) is 0 Å². The minimum atomic E-state index is -0.593. The summed E-state index contributed by atoms with van der Waals surface area (Å²) in [5.74, 6) is 0. The molecular formula is C6H5N3O3. The van der Waals surface area contributed by atoms with E-state index in [4.69, 9.17) is 5.21 Å². The van der Waals surface area contributed by atoms with Crippen LogP contribution in [-0.2, 0) is 0 Å². The summed E-state index contributed by atoms with van der Waals surface area (Å²) in [4.78, 5) is 9.73. The standard InChI is InChI=1S/C6H5N3O3/c10-8-7-5-3-1-2-4-6(5)9(11)12/h1-4H,(H,7,10). The van der Waals surface area contributed by atoms with Crippen LogP contribution in [-0.4, -0.2) is 10.1 Å². The van der Waals surface area contributed by atoms with Crippen LogP contribution in [0.4, 0.5) is 11.4 Å². The van der Waals surface area contributed by atoms with Gasteiger partial charge in [0.1, 0.15) is 0 Å². The molecule has 1 N–H and O–H groups in total. The zero-order valence-electron chi connectivity index (χ0n) is 5.91. The number of nitro groups is 1. The van der Waals surface area contributed by atoms with Gasteiger partial charge in [0, 0.05) is 11.3 Å². The van der Waals surface area contributed by atoms with Crippen molar-refractivity contribution in [1.29, 1.82) is 0 Å². The summed E-state index contributed by atoms with van der Waals surface area (Å²) in [6.45, 7) is 0. The van der Waals surface area contributed by atoms with E-state index < -0.39 is 4.92 Å². The second kappa shape index (κ2) is 3.42. The van der Waals surface area contributed by atoms with Gasteiger partial charge in [0.15, 0.2) is 5.69 Å². The second-order valence-electron chi connectivity index (χ2n) is 1.94. The van der Waals surface area contributed by atoms with Crippen LogP contribution in [0.2, 0.25) is 0 Å². The lowest BCUT2D eigenvalue weighted by Gasteiger charge is -1.92. The van der Waals surface area contributed by atoms with Gasteiger partial charge in [-0.3, -0.25) is 10.1 Å². The summed E-state index contributed by atoms with van der Waals surface area (Å²) >= 11 is 0. The van der Waals surface area contributed by atoms with Crippen LogP contribution >= 0.6 is 0 Å². The predicted octanol–water partition coefficient (Wildman–Crippen LogP) is 2.07. The largest absolute Gasteiger partial charge is 0.394 e. The van der Waals surface area contributed by atoms with Gasteiger partial charge in [-0.15, -0.1) is 5.11 Å². The number of hydrogen-bond donors (Lipinski definition) is 1. The maximum atomic E-state index is 10.3. The number of hydrogen-bond acceptors (Lipinski definition) is 4. The lowest BCUT2D eigenvalue weighted by molar-refractivity contribution is -0.384. The molecule has 0 aromatic heterocycles. The van der Waals surface area contributed by atoms with E-state index in [2.05, 4.69) is 10.4 Å². The van der Waals surface area contributed by atoms with Crippen molar-refractivity contribution in [3.05, 3.63) is 34.4 Å². The van der Waals surface area contributed by atoms with Crippen LogP contribution < -0.4 is 0 Å². The number of benzene rings is 1. The van der Waals surface area contributed by atoms with Gasteiger partial charge in [-0.2, -0.15) is 0 Å². The van der Waals surface area contributed by atoms with Gasteiger partial charge >= 0.3 is 0 Å². The molecule has 1 rings (SSSR count). The quantitative estimate of drug-likeness (QED) is 0.415. The topological polar surface area (TPSA) is 88.1 Å². The monoisotopic (exact) mass is 167 g/mol. The zero-order chi connectivity index (χ0) is 8.97. The van der Waals surface area contributed by atoms with Gasteiger partial charge < -0.3 is 5.21 Å². The first-order valence-corrected chi connectivity index (χ1v) is 3.04. The third kappa shape index (κ3) is 1.54. The van der Waals surface area contributed by atoms with Gasteiger partial charge in [0.25, 0.3) is 5.69 Å². The summed E-state index contributed by atoms with van der Waals surface area (Å²) in [6.07, 6.45) is 0. The Balaban J connectivity index is 3.17. The Morgan fingerprint density at radius 1 is 1.42 bits per heavy atom. The van der Waals surface area contributed by atoms with E-state index >= 15 is 0 Å². The highest BCUT2D eigenvalue weighted by Gasteiger charge is 2.10. The Hall–Kier alpha value is -1.98. The molecule has 0 aliphatic carbocycles. The first-order valence-electron chi connectivity index (χ1n) is 3.04. The zero-order valence-corrected chi connectivity index (χ0v) is 5.91. The summed E-state index contributed by atoms with van der Waals surface area (Å²) in [5, 5.41) is 24.0. The average Bonchev–Trinajstić information content (AvgIpc) is 2.05. The summed E-state index contributed by atoms with van der Waals surface area (Å²) < 4.78 is 0. The fourth-order valence-corrected chi connectivity index (χ4v) is 0.751. The summed E-state index contributed by atoms with van der Waals surface area (Å²) in [7, 11) is 0. The Morgan fingerprint density at radius 2 is 2.08 bits per heavy atom. The Kier molecular flexibility index (Phi) is 2.32. The molecule has 0 saturated carbocycles. The third-order valence-electron chi connectivity index (χ3n) is 1.23. The lowest BCUT2D eigenvalue weighted by atomic mass is 10.3. The third-order valence-corrected chi connectivity index (χ3v) is 1.23. The van der Waals surface area contributed by atoms with Crippen LogP contribution in [0, 0.1) is 10.1 Å². The van der Waals surface area contributed by atoms with E-state index in [0.29, 0.717) is 0 Å². The molecule has 0 heterocycles. The van der Waals surface area contributed by atoms with Crippen molar-refractivity contribution in [2.24, 2.45) is 10.4 Å². The van der Waals surface area contributed by atoms with Gasteiger partial charge in [0.2, 0.25) is 0 Å². The molecule has 0 aliphatic heterocycles. The molecular weight excluding hydrogens is 162 g/mol. The normalized spacial score (nSPS) is 10.3. The molecule has 0 fully saturated rings. The molecule has 0 amide bonds. The number of nitro benzene ring substituents is 1. The fraction of sp³-hybridized carbons (Fsp3) is 0. The Labute approximate surface area is 67.3 Å². The van der Waals surface area contributed by atoms with E-state index in [1.165, 1.54) is 18.2 Å². The molecule has 12 heavy (non-hydrogen) atoms.